The monoisotopic (exact) mass is 283 g/mol. The highest BCUT2D eigenvalue weighted by Gasteiger charge is 2.10. The molecule has 0 aliphatic carbocycles. The van der Waals surface area contributed by atoms with E-state index in [0.29, 0.717) is 5.82 Å². The summed E-state index contributed by atoms with van der Waals surface area (Å²) in [5.41, 5.74) is 0.842. The van der Waals surface area contributed by atoms with Gasteiger partial charge >= 0.3 is 0 Å². The number of nitrogens with zero attached hydrogens (tertiary/aromatic N) is 1. The van der Waals surface area contributed by atoms with Crippen LogP contribution in [-0.4, -0.2) is 27.8 Å². The van der Waals surface area contributed by atoms with Crippen LogP contribution in [0.2, 0.25) is 0 Å². The molecule has 0 aliphatic heterocycles. The first-order chi connectivity index (χ1) is 10.2. The van der Waals surface area contributed by atoms with E-state index < -0.39 is 0 Å². The molecule has 3 N–H and O–H groups in total. The first-order valence-corrected chi connectivity index (χ1v) is 6.38. The molecule has 0 saturated carbocycles. The third-order valence-electron chi connectivity index (χ3n) is 2.95. The van der Waals surface area contributed by atoms with Crippen molar-refractivity contribution in [1.82, 2.24) is 10.2 Å². The number of hydrogen-bond acceptors (Lipinski definition) is 4. The Kier molecular flexibility index (Phi) is 3.42. The fraction of sp³-hybridized carbons (Fsp3) is 0.0667. The quantitative estimate of drug-likeness (QED) is 0.685. The number of carbonyl (C=O) groups is 1. The van der Waals surface area contributed by atoms with E-state index in [1.165, 1.54) is 6.07 Å². The predicted molar refractivity (Wildman–Crippen MR) is 78.3 cm³/mol. The lowest BCUT2D eigenvalue weighted by atomic mass is 10.2. The van der Waals surface area contributed by atoms with Gasteiger partial charge in [0.25, 0.3) is 5.91 Å². The molecule has 21 heavy (non-hydrogen) atoms. The van der Waals surface area contributed by atoms with Crippen LogP contribution in [0.15, 0.2) is 48.5 Å². The van der Waals surface area contributed by atoms with Crippen molar-refractivity contribution < 1.29 is 14.6 Å². The number of aromatic amines is 1. The molecule has 0 aliphatic rings. The van der Waals surface area contributed by atoms with Crippen molar-refractivity contribution in [1.29, 1.82) is 0 Å². The fourth-order valence-electron chi connectivity index (χ4n) is 1.95. The minimum Gasteiger partial charge on any atom is -0.504 e. The summed E-state index contributed by atoms with van der Waals surface area (Å²) >= 11 is 0. The van der Waals surface area contributed by atoms with Crippen molar-refractivity contribution in [2.24, 2.45) is 0 Å². The Bertz CT molecular complexity index is 782. The standard InChI is InChI=1S/C15H13N3O3/c19-12-7-3-4-8-13(12)21-9-14(20)16-15-10-5-1-2-6-11(10)17-18-15/h1-8,19H,9H2,(H2,16,17,18,20). The van der Waals surface area contributed by atoms with E-state index in [1.807, 2.05) is 24.3 Å². The maximum Gasteiger partial charge on any atom is 0.263 e. The second-order valence-electron chi connectivity index (χ2n) is 4.42. The number of aromatic hydroxyl groups is 1. The number of H-pyrrole nitrogens is 1. The molecule has 1 aromatic heterocycles. The first kappa shape index (κ1) is 13.0. The van der Waals surface area contributed by atoms with Crippen LogP contribution < -0.4 is 10.1 Å². The molecule has 6 nitrogen and oxygen atoms in total. The molecule has 106 valence electrons. The molecule has 6 heteroatoms. The lowest BCUT2D eigenvalue weighted by molar-refractivity contribution is -0.118. The molecule has 1 heterocycles. The number of rotatable bonds is 4. The molecular weight excluding hydrogens is 270 g/mol. The van der Waals surface area contributed by atoms with E-state index in [2.05, 4.69) is 15.5 Å². The highest BCUT2D eigenvalue weighted by atomic mass is 16.5. The number of phenolic OH excluding ortho intramolecular Hbond substituents is 1. The van der Waals surface area contributed by atoms with Crippen molar-refractivity contribution in [2.75, 3.05) is 11.9 Å². The number of benzene rings is 2. The summed E-state index contributed by atoms with van der Waals surface area (Å²) in [5, 5.41) is 19.9. The Morgan fingerprint density at radius 3 is 2.81 bits per heavy atom. The third kappa shape index (κ3) is 2.79. The minimum absolute atomic E-state index is 0.00415. The van der Waals surface area contributed by atoms with Crippen LogP contribution in [-0.2, 0) is 4.79 Å². The van der Waals surface area contributed by atoms with Gasteiger partial charge in [-0.05, 0) is 24.3 Å². The van der Waals surface area contributed by atoms with E-state index in [1.54, 1.807) is 18.2 Å². The highest BCUT2D eigenvalue weighted by Crippen LogP contribution is 2.24. The van der Waals surface area contributed by atoms with Crippen molar-refractivity contribution in [3.63, 3.8) is 0 Å². The van der Waals surface area contributed by atoms with E-state index in [-0.39, 0.29) is 24.0 Å². The summed E-state index contributed by atoms with van der Waals surface area (Å²) in [4.78, 5) is 11.9. The van der Waals surface area contributed by atoms with Crippen molar-refractivity contribution in [3.8, 4) is 11.5 Å². The predicted octanol–water partition coefficient (Wildman–Crippen LogP) is 2.29. The molecule has 0 fully saturated rings. The van der Waals surface area contributed by atoms with Crippen LogP contribution in [0.4, 0.5) is 5.82 Å². The zero-order valence-electron chi connectivity index (χ0n) is 11.0. The Balaban J connectivity index is 1.66. The Hall–Kier alpha value is -3.02. The van der Waals surface area contributed by atoms with Gasteiger partial charge in [0.2, 0.25) is 0 Å². The van der Waals surface area contributed by atoms with E-state index in [9.17, 15) is 9.90 Å². The fourth-order valence-corrected chi connectivity index (χ4v) is 1.95. The average molecular weight is 283 g/mol. The van der Waals surface area contributed by atoms with Gasteiger partial charge in [0.15, 0.2) is 23.9 Å². The molecule has 3 rings (SSSR count). The van der Waals surface area contributed by atoms with Gasteiger partial charge in [-0.1, -0.05) is 24.3 Å². The number of ether oxygens (including phenoxy) is 1. The SMILES string of the molecule is O=C(COc1ccccc1O)Nc1n[nH]c2ccccc12. The van der Waals surface area contributed by atoms with Gasteiger partial charge in [-0.15, -0.1) is 0 Å². The number of aromatic nitrogens is 2. The van der Waals surface area contributed by atoms with Crippen LogP contribution in [0.5, 0.6) is 11.5 Å². The van der Waals surface area contributed by atoms with Crippen LogP contribution in [0.25, 0.3) is 10.9 Å². The molecule has 0 unspecified atom stereocenters. The van der Waals surface area contributed by atoms with Gasteiger partial charge in [0, 0.05) is 5.39 Å². The number of fused-ring (bicyclic) bond motifs is 1. The van der Waals surface area contributed by atoms with Crippen LogP contribution in [0, 0.1) is 0 Å². The number of nitrogens with one attached hydrogen (secondary N) is 2. The summed E-state index contributed by atoms with van der Waals surface area (Å²) in [6.45, 7) is -0.210. The second kappa shape index (κ2) is 5.54. The summed E-state index contributed by atoms with van der Waals surface area (Å²) in [6, 6.07) is 14.0. The summed E-state index contributed by atoms with van der Waals surface area (Å²) in [6.07, 6.45) is 0. The van der Waals surface area contributed by atoms with E-state index in [0.717, 1.165) is 10.9 Å². The zero-order chi connectivity index (χ0) is 14.7. The van der Waals surface area contributed by atoms with Crippen molar-refractivity contribution in [2.45, 2.75) is 0 Å². The average Bonchev–Trinajstić information content (AvgIpc) is 2.90. The van der Waals surface area contributed by atoms with Gasteiger partial charge in [-0.3, -0.25) is 9.89 Å². The van der Waals surface area contributed by atoms with Crippen molar-refractivity contribution in [3.05, 3.63) is 48.5 Å². The first-order valence-electron chi connectivity index (χ1n) is 6.38. The van der Waals surface area contributed by atoms with Gasteiger partial charge in [0.05, 0.1) is 5.52 Å². The second-order valence-corrected chi connectivity index (χ2v) is 4.42. The molecular formula is C15H13N3O3. The number of anilines is 1. The molecule has 0 bridgehead atoms. The zero-order valence-corrected chi connectivity index (χ0v) is 11.0. The smallest absolute Gasteiger partial charge is 0.263 e. The van der Waals surface area contributed by atoms with Gasteiger partial charge in [-0.2, -0.15) is 5.10 Å². The molecule has 0 spiro atoms. The Morgan fingerprint density at radius 1 is 1.19 bits per heavy atom. The summed E-state index contributed by atoms with van der Waals surface area (Å²) in [7, 11) is 0. The molecule has 3 aromatic rings. The molecule has 0 atom stereocenters. The topological polar surface area (TPSA) is 87.2 Å². The third-order valence-corrected chi connectivity index (χ3v) is 2.95. The number of amides is 1. The Morgan fingerprint density at radius 2 is 1.95 bits per heavy atom. The molecule has 0 radical (unpaired) electrons. The maximum atomic E-state index is 11.9. The van der Waals surface area contributed by atoms with E-state index >= 15 is 0 Å². The summed E-state index contributed by atoms with van der Waals surface area (Å²) < 4.78 is 5.26. The Labute approximate surface area is 120 Å². The number of hydrogen-bond donors (Lipinski definition) is 3. The minimum atomic E-state index is -0.351. The molecule has 2 aromatic carbocycles. The maximum absolute atomic E-state index is 11.9. The molecule has 0 saturated heterocycles. The van der Waals surface area contributed by atoms with Crippen molar-refractivity contribution >= 4 is 22.6 Å². The van der Waals surface area contributed by atoms with Gasteiger partial charge in [-0.25, -0.2) is 0 Å². The lowest BCUT2D eigenvalue weighted by Gasteiger charge is -2.07. The number of phenols is 1. The van der Waals surface area contributed by atoms with Crippen LogP contribution in [0.1, 0.15) is 0 Å². The molecule has 1 amide bonds. The van der Waals surface area contributed by atoms with Gasteiger partial charge < -0.3 is 15.2 Å². The lowest BCUT2D eigenvalue weighted by Crippen LogP contribution is -2.20. The van der Waals surface area contributed by atoms with E-state index in [4.69, 9.17) is 4.74 Å². The van der Waals surface area contributed by atoms with Crippen LogP contribution in [0.3, 0.4) is 0 Å². The number of carbonyl (C=O) groups excluding carboxylic acids is 1. The summed E-state index contributed by atoms with van der Waals surface area (Å²) in [5.74, 6) is 0.363. The normalized spacial score (nSPS) is 10.5. The van der Waals surface area contributed by atoms with Crippen LogP contribution >= 0.6 is 0 Å². The van der Waals surface area contributed by atoms with Gasteiger partial charge in [0.1, 0.15) is 0 Å². The largest absolute Gasteiger partial charge is 0.504 e. The highest BCUT2D eigenvalue weighted by molar-refractivity contribution is 6.00. The number of para-hydroxylation sites is 3.